The van der Waals surface area contributed by atoms with Crippen molar-refractivity contribution in [2.75, 3.05) is 0 Å². The second-order valence-electron chi connectivity index (χ2n) is 6.44. The third-order valence-corrected chi connectivity index (χ3v) is 5.14. The van der Waals surface area contributed by atoms with E-state index in [1.165, 1.54) is 0 Å². The molecule has 1 unspecified atom stereocenters. The molecule has 0 aliphatic carbocycles. The van der Waals surface area contributed by atoms with Crippen LogP contribution in [0.1, 0.15) is 43.4 Å². The van der Waals surface area contributed by atoms with Gasteiger partial charge in [0.15, 0.2) is 0 Å². The summed E-state index contributed by atoms with van der Waals surface area (Å²) in [6, 6.07) is 11.4. The molecule has 7 heteroatoms. The molecular formula is C20H24N4O2S. The van der Waals surface area contributed by atoms with Crippen LogP contribution >= 0.6 is 11.3 Å². The van der Waals surface area contributed by atoms with Crippen LogP contribution in [-0.4, -0.2) is 21.4 Å². The van der Waals surface area contributed by atoms with Crippen LogP contribution in [0.3, 0.4) is 0 Å². The second-order valence-corrected chi connectivity index (χ2v) is 7.47. The van der Waals surface area contributed by atoms with Crippen LogP contribution in [0.5, 0.6) is 0 Å². The predicted molar refractivity (Wildman–Crippen MR) is 107 cm³/mol. The van der Waals surface area contributed by atoms with E-state index in [9.17, 15) is 9.59 Å². The molecule has 0 aliphatic heterocycles. The van der Waals surface area contributed by atoms with Crippen LogP contribution in [0.2, 0.25) is 0 Å². The number of carbonyl (C=O) groups is 2. The molecule has 1 aromatic carbocycles. The molecule has 0 fully saturated rings. The fourth-order valence-corrected chi connectivity index (χ4v) is 3.64. The van der Waals surface area contributed by atoms with Crippen LogP contribution < -0.4 is 10.6 Å². The number of hydrogen-bond donors (Lipinski definition) is 2. The zero-order valence-electron chi connectivity index (χ0n) is 15.6. The SMILES string of the molecule is CCCC(=O)NC(C)c1nc2ccccc2n1CC(=O)NCc1cccs1. The molecule has 0 radical (unpaired) electrons. The Kier molecular flexibility index (Phi) is 6.24. The van der Waals surface area contributed by atoms with Crippen LogP contribution in [0.25, 0.3) is 11.0 Å². The second kappa shape index (κ2) is 8.81. The first-order valence-corrected chi connectivity index (χ1v) is 10.00. The number of thiophene rings is 1. The quantitative estimate of drug-likeness (QED) is 0.625. The van der Waals surface area contributed by atoms with Crippen molar-refractivity contribution in [2.45, 2.75) is 45.8 Å². The number of hydrogen-bond acceptors (Lipinski definition) is 4. The molecule has 0 bridgehead atoms. The summed E-state index contributed by atoms with van der Waals surface area (Å²) in [6.45, 7) is 4.54. The molecule has 0 spiro atoms. The Morgan fingerprint density at radius 2 is 2.00 bits per heavy atom. The average Bonchev–Trinajstić information content (AvgIpc) is 3.28. The third kappa shape index (κ3) is 4.74. The van der Waals surface area contributed by atoms with E-state index in [2.05, 4.69) is 15.6 Å². The van der Waals surface area contributed by atoms with E-state index in [0.717, 1.165) is 22.3 Å². The van der Waals surface area contributed by atoms with Crippen molar-refractivity contribution in [3.8, 4) is 0 Å². The number of benzene rings is 1. The normalized spacial score (nSPS) is 12.1. The number of carbonyl (C=O) groups excluding carboxylic acids is 2. The van der Waals surface area contributed by atoms with Crippen molar-refractivity contribution in [1.82, 2.24) is 20.2 Å². The molecule has 2 N–H and O–H groups in total. The zero-order chi connectivity index (χ0) is 19.2. The first-order valence-electron chi connectivity index (χ1n) is 9.12. The van der Waals surface area contributed by atoms with Crippen LogP contribution in [0, 0.1) is 0 Å². The maximum atomic E-state index is 12.5. The number of para-hydroxylation sites is 2. The first kappa shape index (κ1) is 19.1. The molecule has 0 aliphatic rings. The Labute approximate surface area is 162 Å². The first-order chi connectivity index (χ1) is 13.1. The van der Waals surface area contributed by atoms with Crippen LogP contribution in [-0.2, 0) is 22.7 Å². The fraction of sp³-hybridized carbons (Fsp3) is 0.350. The standard InChI is InChI=1S/C20H24N4O2S/c1-3-7-18(25)22-14(2)20-23-16-9-4-5-10-17(16)24(20)13-19(26)21-12-15-8-6-11-27-15/h4-6,8-11,14H,3,7,12-13H2,1-2H3,(H,21,26)(H,22,25). The smallest absolute Gasteiger partial charge is 0.240 e. The van der Waals surface area contributed by atoms with E-state index in [1.807, 2.05) is 60.2 Å². The number of nitrogens with zero attached hydrogens (tertiary/aromatic N) is 2. The Morgan fingerprint density at radius 3 is 2.74 bits per heavy atom. The van der Waals surface area contributed by atoms with Crippen LogP contribution in [0.15, 0.2) is 41.8 Å². The van der Waals surface area contributed by atoms with Gasteiger partial charge in [0, 0.05) is 11.3 Å². The summed E-state index contributed by atoms with van der Waals surface area (Å²) in [4.78, 5) is 30.3. The van der Waals surface area contributed by atoms with Gasteiger partial charge in [-0.25, -0.2) is 4.98 Å². The van der Waals surface area contributed by atoms with E-state index in [4.69, 9.17) is 0 Å². The molecule has 0 saturated heterocycles. The molecule has 0 saturated carbocycles. The predicted octanol–water partition coefficient (Wildman–Crippen LogP) is 3.39. The number of aromatic nitrogens is 2. The van der Waals surface area contributed by atoms with Crippen molar-refractivity contribution in [3.05, 3.63) is 52.5 Å². The lowest BCUT2D eigenvalue weighted by atomic mass is 10.2. The summed E-state index contributed by atoms with van der Waals surface area (Å²) in [6.07, 6.45) is 1.27. The van der Waals surface area contributed by atoms with Crippen molar-refractivity contribution in [1.29, 1.82) is 0 Å². The van der Waals surface area contributed by atoms with Crippen LogP contribution in [0.4, 0.5) is 0 Å². The van der Waals surface area contributed by atoms with Gasteiger partial charge in [-0.1, -0.05) is 25.1 Å². The van der Waals surface area contributed by atoms with Gasteiger partial charge >= 0.3 is 0 Å². The Morgan fingerprint density at radius 1 is 1.19 bits per heavy atom. The molecule has 1 atom stereocenters. The molecular weight excluding hydrogens is 360 g/mol. The summed E-state index contributed by atoms with van der Waals surface area (Å²) in [7, 11) is 0. The van der Waals surface area contributed by atoms with Gasteiger partial charge in [0.25, 0.3) is 0 Å². The largest absolute Gasteiger partial charge is 0.350 e. The van der Waals surface area contributed by atoms with E-state index in [-0.39, 0.29) is 24.4 Å². The summed E-state index contributed by atoms with van der Waals surface area (Å²) in [5.74, 6) is 0.595. The van der Waals surface area contributed by atoms with Gasteiger partial charge in [-0.3, -0.25) is 9.59 Å². The molecule has 3 aromatic rings. The lowest BCUT2D eigenvalue weighted by Crippen LogP contribution is -2.31. The number of nitrogens with one attached hydrogen (secondary N) is 2. The summed E-state index contributed by atoms with van der Waals surface area (Å²) < 4.78 is 1.88. The monoisotopic (exact) mass is 384 g/mol. The fourth-order valence-electron chi connectivity index (χ4n) is 2.99. The number of imidazole rings is 1. The minimum absolute atomic E-state index is 0.00856. The highest BCUT2D eigenvalue weighted by Crippen LogP contribution is 2.21. The molecule has 3 rings (SSSR count). The summed E-state index contributed by atoms with van der Waals surface area (Å²) in [5, 5.41) is 7.91. The number of rotatable bonds is 8. The lowest BCUT2D eigenvalue weighted by Gasteiger charge is -2.16. The number of fused-ring (bicyclic) bond motifs is 1. The maximum Gasteiger partial charge on any atom is 0.240 e. The van der Waals surface area contributed by atoms with Gasteiger partial charge in [0.2, 0.25) is 11.8 Å². The molecule has 2 heterocycles. The highest BCUT2D eigenvalue weighted by atomic mass is 32.1. The topological polar surface area (TPSA) is 76.0 Å². The Hall–Kier alpha value is -2.67. The minimum Gasteiger partial charge on any atom is -0.350 e. The van der Waals surface area contributed by atoms with Gasteiger partial charge in [-0.05, 0) is 36.9 Å². The number of amides is 2. The Bertz CT molecular complexity index is 917. The summed E-state index contributed by atoms with van der Waals surface area (Å²) in [5.41, 5.74) is 1.70. The Balaban J connectivity index is 1.79. The van der Waals surface area contributed by atoms with E-state index < -0.39 is 0 Å². The van der Waals surface area contributed by atoms with Gasteiger partial charge in [0.1, 0.15) is 12.4 Å². The highest BCUT2D eigenvalue weighted by molar-refractivity contribution is 7.09. The van der Waals surface area contributed by atoms with Gasteiger partial charge in [-0.2, -0.15) is 0 Å². The average molecular weight is 385 g/mol. The van der Waals surface area contributed by atoms with Gasteiger partial charge < -0.3 is 15.2 Å². The third-order valence-electron chi connectivity index (χ3n) is 4.27. The highest BCUT2D eigenvalue weighted by Gasteiger charge is 2.19. The molecule has 142 valence electrons. The zero-order valence-corrected chi connectivity index (χ0v) is 16.4. The minimum atomic E-state index is -0.276. The lowest BCUT2D eigenvalue weighted by molar-refractivity contribution is -0.122. The van der Waals surface area contributed by atoms with E-state index in [0.29, 0.717) is 18.8 Å². The summed E-state index contributed by atoms with van der Waals surface area (Å²) >= 11 is 1.61. The molecule has 27 heavy (non-hydrogen) atoms. The van der Waals surface area contributed by atoms with Crippen molar-refractivity contribution >= 4 is 34.2 Å². The van der Waals surface area contributed by atoms with Crippen molar-refractivity contribution < 1.29 is 9.59 Å². The maximum absolute atomic E-state index is 12.5. The van der Waals surface area contributed by atoms with E-state index in [1.54, 1.807) is 11.3 Å². The molecule has 6 nitrogen and oxygen atoms in total. The molecule has 2 aromatic heterocycles. The molecule has 2 amide bonds. The van der Waals surface area contributed by atoms with Crippen molar-refractivity contribution in [2.24, 2.45) is 0 Å². The van der Waals surface area contributed by atoms with E-state index >= 15 is 0 Å². The van der Waals surface area contributed by atoms with Gasteiger partial charge in [-0.15, -0.1) is 11.3 Å². The van der Waals surface area contributed by atoms with Gasteiger partial charge in [0.05, 0.1) is 23.6 Å². The van der Waals surface area contributed by atoms with Crippen molar-refractivity contribution in [3.63, 3.8) is 0 Å².